The highest BCUT2D eigenvalue weighted by molar-refractivity contribution is 8.15. The van der Waals surface area contributed by atoms with E-state index in [1.807, 2.05) is 25.1 Å². The van der Waals surface area contributed by atoms with E-state index in [4.69, 9.17) is 16.3 Å². The summed E-state index contributed by atoms with van der Waals surface area (Å²) in [5.41, 5.74) is 3.88. The van der Waals surface area contributed by atoms with E-state index in [0.717, 1.165) is 11.1 Å². The number of carbonyl (C=O) groups excluding carboxylic acids is 2. The minimum Gasteiger partial charge on any atom is -0.435 e. The minimum atomic E-state index is -2.91. The number of hydrogen-bond acceptors (Lipinski definition) is 7. The quantitative estimate of drug-likeness (QED) is 0.190. The van der Waals surface area contributed by atoms with Gasteiger partial charge in [0.05, 0.1) is 34.4 Å². The summed E-state index contributed by atoms with van der Waals surface area (Å²) in [4.78, 5) is 35.9. The molecule has 3 amide bonds. The van der Waals surface area contributed by atoms with E-state index in [1.165, 1.54) is 39.8 Å². The summed E-state index contributed by atoms with van der Waals surface area (Å²) < 4.78 is 36.5. The number of carbonyl (C=O) groups is 2. The third-order valence-electron chi connectivity index (χ3n) is 6.44. The standard InChI is InChI=1S/C31H29ClF2N6O4S/c1-18(2)14-43-15-21-5-4-19(3)12-26(21)40-27(41)16-45-31(40)37-30(42)36-25-11-6-20(13-24(25)32)28-35-17-39(38-28)22-7-9-23(10-8-22)44-29(33)34/h4-13,17-18,29H,14-16H2,1-3H3,(H,36,42)/b37-31-. The fourth-order valence-corrected chi connectivity index (χ4v) is 5.46. The number of halogens is 3. The number of amidine groups is 1. The number of nitrogens with zero attached hydrogens (tertiary/aromatic N) is 5. The number of benzene rings is 3. The van der Waals surface area contributed by atoms with Crippen molar-refractivity contribution in [2.45, 2.75) is 34.0 Å². The summed E-state index contributed by atoms with van der Waals surface area (Å²) in [6.45, 7) is 4.03. The van der Waals surface area contributed by atoms with Gasteiger partial charge in [-0.1, -0.05) is 49.3 Å². The Labute approximate surface area is 267 Å². The molecule has 2 heterocycles. The van der Waals surface area contributed by atoms with Crippen LogP contribution >= 0.6 is 23.4 Å². The van der Waals surface area contributed by atoms with Crippen LogP contribution in [0.3, 0.4) is 0 Å². The Morgan fingerprint density at radius 3 is 2.62 bits per heavy atom. The number of rotatable bonds is 10. The lowest BCUT2D eigenvalue weighted by atomic mass is 10.1. The predicted octanol–water partition coefficient (Wildman–Crippen LogP) is 7.34. The lowest BCUT2D eigenvalue weighted by molar-refractivity contribution is -0.115. The first-order valence-electron chi connectivity index (χ1n) is 13.9. The highest BCUT2D eigenvalue weighted by atomic mass is 35.5. The van der Waals surface area contributed by atoms with Crippen LogP contribution in [0.15, 0.2) is 72.0 Å². The molecule has 3 aromatic carbocycles. The minimum absolute atomic E-state index is 0.0288. The van der Waals surface area contributed by atoms with Crippen molar-refractivity contribution < 1.29 is 27.8 Å². The highest BCUT2D eigenvalue weighted by Gasteiger charge is 2.32. The fraction of sp³-hybridized carbons (Fsp3) is 0.258. The highest BCUT2D eigenvalue weighted by Crippen LogP contribution is 2.32. The molecule has 0 radical (unpaired) electrons. The Bertz CT molecular complexity index is 1730. The lowest BCUT2D eigenvalue weighted by Gasteiger charge is -2.21. The molecular formula is C31H29ClF2N6O4S. The van der Waals surface area contributed by atoms with E-state index < -0.39 is 12.6 Å². The van der Waals surface area contributed by atoms with Gasteiger partial charge in [-0.3, -0.25) is 9.69 Å². The monoisotopic (exact) mass is 654 g/mol. The zero-order valence-electron chi connectivity index (χ0n) is 24.5. The number of urea groups is 1. The SMILES string of the molecule is Cc1ccc(COCC(C)C)c(N2C(=O)CS/C2=N\C(=O)Nc2ccc(-c3ncn(-c4ccc(OC(F)F)cc4)n3)cc2Cl)c1. The van der Waals surface area contributed by atoms with E-state index in [-0.39, 0.29) is 27.6 Å². The Morgan fingerprint density at radius 1 is 1.13 bits per heavy atom. The first-order valence-corrected chi connectivity index (χ1v) is 15.2. The van der Waals surface area contributed by atoms with Gasteiger partial charge in [0.15, 0.2) is 11.0 Å². The molecule has 1 saturated heterocycles. The normalized spacial score (nSPS) is 14.2. The van der Waals surface area contributed by atoms with Crippen molar-refractivity contribution in [3.63, 3.8) is 0 Å². The third kappa shape index (κ3) is 8.04. The zero-order chi connectivity index (χ0) is 32.1. The van der Waals surface area contributed by atoms with Gasteiger partial charge in [0.1, 0.15) is 12.1 Å². The predicted molar refractivity (Wildman–Crippen MR) is 171 cm³/mol. The van der Waals surface area contributed by atoms with E-state index in [2.05, 4.69) is 39.0 Å². The van der Waals surface area contributed by atoms with Crippen molar-refractivity contribution in [2.75, 3.05) is 22.6 Å². The number of amides is 3. The van der Waals surface area contributed by atoms with E-state index in [1.54, 1.807) is 30.3 Å². The van der Waals surface area contributed by atoms with Crippen molar-refractivity contribution in [3.05, 3.63) is 83.1 Å². The van der Waals surface area contributed by atoms with Gasteiger partial charge in [-0.2, -0.15) is 13.8 Å². The second kappa shape index (κ2) is 14.2. The molecular weight excluding hydrogens is 626 g/mol. The molecule has 5 rings (SSSR count). The molecule has 14 heteroatoms. The van der Waals surface area contributed by atoms with Crippen LogP contribution in [0.4, 0.5) is 25.0 Å². The van der Waals surface area contributed by atoms with E-state index >= 15 is 0 Å². The maximum atomic E-state index is 13.0. The smallest absolute Gasteiger partial charge is 0.387 e. The number of nitrogens with one attached hydrogen (secondary N) is 1. The van der Waals surface area contributed by atoms with Crippen LogP contribution < -0.4 is 15.0 Å². The molecule has 10 nitrogen and oxygen atoms in total. The molecule has 0 bridgehead atoms. The number of aryl methyl sites for hydroxylation is 1. The van der Waals surface area contributed by atoms with Crippen LogP contribution in [-0.2, 0) is 16.1 Å². The van der Waals surface area contributed by atoms with Crippen molar-refractivity contribution in [1.29, 1.82) is 0 Å². The van der Waals surface area contributed by atoms with Crippen LogP contribution in [0.5, 0.6) is 5.75 Å². The average Bonchev–Trinajstić information content (AvgIpc) is 3.62. The van der Waals surface area contributed by atoms with Crippen LogP contribution in [0, 0.1) is 12.8 Å². The molecule has 1 aliphatic rings. The van der Waals surface area contributed by atoms with Crippen LogP contribution in [0.2, 0.25) is 5.02 Å². The second-order valence-electron chi connectivity index (χ2n) is 10.5. The van der Waals surface area contributed by atoms with Crippen molar-refractivity contribution in [1.82, 2.24) is 14.8 Å². The van der Waals surface area contributed by atoms with Crippen molar-refractivity contribution in [2.24, 2.45) is 10.9 Å². The van der Waals surface area contributed by atoms with Crippen LogP contribution in [0.1, 0.15) is 25.0 Å². The third-order valence-corrected chi connectivity index (χ3v) is 7.68. The number of aliphatic imine (C=N–C) groups is 1. The zero-order valence-corrected chi connectivity index (χ0v) is 26.1. The Morgan fingerprint density at radius 2 is 1.91 bits per heavy atom. The van der Waals surface area contributed by atoms with E-state index in [0.29, 0.717) is 47.6 Å². The molecule has 0 saturated carbocycles. The fourth-order valence-electron chi connectivity index (χ4n) is 4.38. The summed E-state index contributed by atoms with van der Waals surface area (Å²) in [7, 11) is 0. The average molecular weight is 655 g/mol. The first kappa shape index (κ1) is 32.1. The lowest BCUT2D eigenvalue weighted by Crippen LogP contribution is -2.31. The maximum Gasteiger partial charge on any atom is 0.387 e. The van der Waals surface area contributed by atoms with Crippen molar-refractivity contribution in [3.8, 4) is 22.8 Å². The van der Waals surface area contributed by atoms with Gasteiger partial charge >= 0.3 is 12.6 Å². The van der Waals surface area contributed by atoms with Gasteiger partial charge in [-0.15, -0.1) is 5.10 Å². The second-order valence-corrected chi connectivity index (χ2v) is 11.8. The molecule has 0 unspecified atom stereocenters. The van der Waals surface area contributed by atoms with Gasteiger partial charge in [-0.25, -0.2) is 14.5 Å². The van der Waals surface area contributed by atoms with E-state index in [9.17, 15) is 18.4 Å². The molecule has 0 atom stereocenters. The Balaban J connectivity index is 1.29. The molecule has 1 aliphatic heterocycles. The molecule has 234 valence electrons. The summed E-state index contributed by atoms with van der Waals surface area (Å²) in [5.74, 6) is 0.705. The summed E-state index contributed by atoms with van der Waals surface area (Å²) >= 11 is 7.67. The molecule has 1 N–H and O–H groups in total. The van der Waals surface area contributed by atoms with Gasteiger partial charge in [-0.05, 0) is 66.9 Å². The summed E-state index contributed by atoms with van der Waals surface area (Å²) in [6.07, 6.45) is 1.47. The summed E-state index contributed by atoms with van der Waals surface area (Å²) in [6, 6.07) is 15.9. The van der Waals surface area contributed by atoms with Crippen molar-refractivity contribution >= 4 is 51.8 Å². The Hall–Kier alpha value is -4.33. The Kier molecular flexibility index (Phi) is 10.1. The topological polar surface area (TPSA) is 111 Å². The van der Waals surface area contributed by atoms with Crippen LogP contribution in [-0.4, -0.2) is 50.8 Å². The number of ether oxygens (including phenoxy) is 2. The number of alkyl halides is 2. The maximum absolute atomic E-state index is 13.0. The molecule has 0 spiro atoms. The van der Waals surface area contributed by atoms with Gasteiger partial charge < -0.3 is 14.8 Å². The van der Waals surface area contributed by atoms with Gasteiger partial charge in [0, 0.05) is 17.7 Å². The first-order chi connectivity index (χ1) is 21.6. The molecule has 1 fully saturated rings. The molecule has 1 aromatic heterocycles. The van der Waals surface area contributed by atoms with Gasteiger partial charge in [0.2, 0.25) is 5.91 Å². The largest absolute Gasteiger partial charge is 0.435 e. The van der Waals surface area contributed by atoms with Gasteiger partial charge in [0.25, 0.3) is 0 Å². The number of aromatic nitrogens is 3. The van der Waals surface area contributed by atoms with Crippen LogP contribution in [0.25, 0.3) is 17.1 Å². The summed E-state index contributed by atoms with van der Waals surface area (Å²) in [5, 5.41) is 7.58. The number of anilines is 2. The number of thioether (sulfide) groups is 1. The molecule has 0 aliphatic carbocycles. The number of hydrogen-bond donors (Lipinski definition) is 1. The molecule has 4 aromatic rings. The molecule has 45 heavy (non-hydrogen) atoms.